The summed E-state index contributed by atoms with van der Waals surface area (Å²) in [5.74, 6) is 3.13. The summed E-state index contributed by atoms with van der Waals surface area (Å²) in [7, 11) is 3.63. The zero-order chi connectivity index (χ0) is 15.4. The molecule has 6 heteroatoms. The van der Waals surface area contributed by atoms with E-state index in [0.717, 1.165) is 24.0 Å². The van der Waals surface area contributed by atoms with Crippen LogP contribution in [0.3, 0.4) is 0 Å². The number of anilines is 2. The summed E-state index contributed by atoms with van der Waals surface area (Å²) in [5.41, 5.74) is 0. The predicted octanol–water partition coefficient (Wildman–Crippen LogP) is 1.60. The highest BCUT2D eigenvalue weighted by atomic mass is 16.1. The molecular formula is C15H25N5O. The third-order valence-electron chi connectivity index (χ3n) is 3.66. The number of hydrogen-bond acceptors (Lipinski definition) is 5. The minimum absolute atomic E-state index is 0.0465. The summed E-state index contributed by atoms with van der Waals surface area (Å²) >= 11 is 0. The fourth-order valence-electron chi connectivity index (χ4n) is 2.28. The number of nitrogens with zero attached hydrogens (tertiary/aromatic N) is 3. The molecule has 0 saturated heterocycles. The van der Waals surface area contributed by atoms with E-state index in [0.29, 0.717) is 12.5 Å². The van der Waals surface area contributed by atoms with Crippen LogP contribution < -0.4 is 15.5 Å². The van der Waals surface area contributed by atoms with Gasteiger partial charge in [0.2, 0.25) is 5.91 Å². The van der Waals surface area contributed by atoms with Gasteiger partial charge >= 0.3 is 0 Å². The van der Waals surface area contributed by atoms with E-state index in [1.54, 1.807) is 7.05 Å². The molecule has 1 unspecified atom stereocenters. The standard InChI is InChI=1S/C15H25N5O/c1-5-17-12-8-13(19-14(18-12)11-6-7-11)20(4)9-10(2)15(21)16-3/h8,10-11H,5-7,9H2,1-4H3,(H,16,21)(H,17,18,19). The second kappa shape index (κ2) is 6.74. The maximum atomic E-state index is 11.7. The highest BCUT2D eigenvalue weighted by Gasteiger charge is 2.28. The van der Waals surface area contributed by atoms with Crippen LogP contribution in [0.5, 0.6) is 0 Å². The zero-order valence-electron chi connectivity index (χ0n) is 13.3. The van der Waals surface area contributed by atoms with Crippen LogP contribution in [0.15, 0.2) is 6.07 Å². The number of hydrogen-bond donors (Lipinski definition) is 2. The van der Waals surface area contributed by atoms with E-state index >= 15 is 0 Å². The number of amides is 1. The van der Waals surface area contributed by atoms with Gasteiger partial charge in [0.25, 0.3) is 0 Å². The Morgan fingerprint density at radius 1 is 1.48 bits per heavy atom. The predicted molar refractivity (Wildman–Crippen MR) is 84.7 cm³/mol. The van der Waals surface area contributed by atoms with Crippen LogP contribution in [-0.2, 0) is 4.79 Å². The monoisotopic (exact) mass is 291 g/mol. The third kappa shape index (κ3) is 4.06. The van der Waals surface area contributed by atoms with E-state index in [-0.39, 0.29) is 11.8 Å². The summed E-state index contributed by atoms with van der Waals surface area (Å²) < 4.78 is 0. The van der Waals surface area contributed by atoms with Gasteiger partial charge in [0, 0.05) is 39.2 Å². The van der Waals surface area contributed by atoms with Crippen LogP contribution in [0.25, 0.3) is 0 Å². The molecule has 21 heavy (non-hydrogen) atoms. The average Bonchev–Trinajstić information content (AvgIpc) is 3.30. The molecule has 1 amide bonds. The first-order chi connectivity index (χ1) is 10.0. The van der Waals surface area contributed by atoms with Gasteiger partial charge in [-0.3, -0.25) is 4.79 Å². The number of carbonyl (C=O) groups excluding carboxylic acids is 1. The van der Waals surface area contributed by atoms with Crippen molar-refractivity contribution < 1.29 is 4.79 Å². The summed E-state index contributed by atoms with van der Waals surface area (Å²) in [4.78, 5) is 22.9. The molecule has 0 spiro atoms. The Kier molecular flexibility index (Phi) is 4.98. The largest absolute Gasteiger partial charge is 0.370 e. The van der Waals surface area contributed by atoms with Crippen LogP contribution in [0.1, 0.15) is 38.4 Å². The first-order valence-corrected chi connectivity index (χ1v) is 7.60. The molecule has 1 atom stereocenters. The van der Waals surface area contributed by atoms with Crippen molar-refractivity contribution in [2.24, 2.45) is 5.92 Å². The number of aromatic nitrogens is 2. The van der Waals surface area contributed by atoms with E-state index in [2.05, 4.69) is 27.5 Å². The molecular weight excluding hydrogens is 266 g/mol. The van der Waals surface area contributed by atoms with Gasteiger partial charge in [0.15, 0.2) is 0 Å². The minimum atomic E-state index is -0.0816. The normalized spacial score (nSPS) is 15.4. The molecule has 1 aromatic rings. The molecule has 2 N–H and O–H groups in total. The Balaban J connectivity index is 2.14. The summed E-state index contributed by atoms with van der Waals surface area (Å²) in [5, 5.41) is 5.94. The fraction of sp³-hybridized carbons (Fsp3) is 0.667. The first kappa shape index (κ1) is 15.5. The Hall–Kier alpha value is -1.85. The maximum Gasteiger partial charge on any atom is 0.224 e. The van der Waals surface area contributed by atoms with Crippen LogP contribution in [-0.4, -0.2) is 43.1 Å². The molecule has 1 aliphatic rings. The molecule has 116 valence electrons. The highest BCUT2D eigenvalue weighted by Crippen LogP contribution is 2.39. The lowest BCUT2D eigenvalue weighted by Crippen LogP contribution is -2.34. The van der Waals surface area contributed by atoms with E-state index in [4.69, 9.17) is 0 Å². The summed E-state index contributed by atoms with van der Waals surface area (Å²) in [6, 6.07) is 1.95. The SMILES string of the molecule is CCNc1cc(N(C)CC(C)C(=O)NC)nc(C2CC2)n1. The molecule has 1 heterocycles. The van der Waals surface area contributed by atoms with Crippen molar-refractivity contribution in [1.82, 2.24) is 15.3 Å². The molecule has 0 radical (unpaired) electrons. The van der Waals surface area contributed by atoms with Gasteiger partial charge in [-0.2, -0.15) is 0 Å². The third-order valence-corrected chi connectivity index (χ3v) is 3.66. The van der Waals surface area contributed by atoms with Gasteiger partial charge in [-0.05, 0) is 19.8 Å². The number of nitrogens with one attached hydrogen (secondary N) is 2. The first-order valence-electron chi connectivity index (χ1n) is 7.60. The van der Waals surface area contributed by atoms with Crippen molar-refractivity contribution in [3.05, 3.63) is 11.9 Å². The van der Waals surface area contributed by atoms with E-state index in [1.807, 2.05) is 24.9 Å². The van der Waals surface area contributed by atoms with Crippen LogP contribution >= 0.6 is 0 Å². The minimum Gasteiger partial charge on any atom is -0.370 e. The van der Waals surface area contributed by atoms with E-state index in [1.165, 1.54) is 12.8 Å². The number of rotatable bonds is 7. The van der Waals surface area contributed by atoms with Crippen molar-refractivity contribution in [1.29, 1.82) is 0 Å². The van der Waals surface area contributed by atoms with Crippen LogP contribution in [0.4, 0.5) is 11.6 Å². The fourth-order valence-corrected chi connectivity index (χ4v) is 2.28. The van der Waals surface area contributed by atoms with E-state index in [9.17, 15) is 4.79 Å². The Morgan fingerprint density at radius 3 is 2.76 bits per heavy atom. The topological polar surface area (TPSA) is 70.2 Å². The van der Waals surface area contributed by atoms with Gasteiger partial charge in [0.1, 0.15) is 17.5 Å². The maximum absolute atomic E-state index is 11.7. The van der Waals surface area contributed by atoms with Crippen molar-refractivity contribution in [3.63, 3.8) is 0 Å². The van der Waals surface area contributed by atoms with E-state index < -0.39 is 0 Å². The summed E-state index contributed by atoms with van der Waals surface area (Å²) in [6.45, 7) is 5.44. The lowest BCUT2D eigenvalue weighted by Gasteiger charge is -2.22. The molecule has 1 fully saturated rings. The second-order valence-corrected chi connectivity index (χ2v) is 5.67. The second-order valence-electron chi connectivity index (χ2n) is 5.67. The quantitative estimate of drug-likeness (QED) is 0.798. The molecule has 0 aromatic carbocycles. The van der Waals surface area contributed by atoms with Crippen molar-refractivity contribution in [2.45, 2.75) is 32.6 Å². The van der Waals surface area contributed by atoms with Crippen molar-refractivity contribution in [3.8, 4) is 0 Å². The van der Waals surface area contributed by atoms with Crippen molar-refractivity contribution >= 4 is 17.5 Å². The molecule has 1 saturated carbocycles. The highest BCUT2D eigenvalue weighted by molar-refractivity contribution is 5.78. The Labute approximate surface area is 126 Å². The molecule has 0 bridgehead atoms. The Bertz CT molecular complexity index is 501. The molecule has 2 rings (SSSR count). The van der Waals surface area contributed by atoms with Crippen LogP contribution in [0, 0.1) is 5.92 Å². The molecule has 0 aliphatic heterocycles. The Morgan fingerprint density at radius 2 is 2.19 bits per heavy atom. The van der Waals surface area contributed by atoms with Gasteiger partial charge < -0.3 is 15.5 Å². The van der Waals surface area contributed by atoms with Gasteiger partial charge in [0.05, 0.1) is 5.92 Å². The lowest BCUT2D eigenvalue weighted by atomic mass is 10.1. The molecule has 6 nitrogen and oxygen atoms in total. The lowest BCUT2D eigenvalue weighted by molar-refractivity contribution is -0.123. The average molecular weight is 291 g/mol. The van der Waals surface area contributed by atoms with Crippen LogP contribution in [0.2, 0.25) is 0 Å². The smallest absolute Gasteiger partial charge is 0.224 e. The van der Waals surface area contributed by atoms with Gasteiger partial charge in [-0.1, -0.05) is 6.92 Å². The summed E-state index contributed by atoms with van der Waals surface area (Å²) in [6.07, 6.45) is 2.35. The molecule has 1 aromatic heterocycles. The van der Waals surface area contributed by atoms with Crippen molar-refractivity contribution in [2.75, 3.05) is 37.4 Å². The number of carbonyl (C=O) groups is 1. The zero-order valence-corrected chi connectivity index (χ0v) is 13.3. The van der Waals surface area contributed by atoms with Gasteiger partial charge in [-0.15, -0.1) is 0 Å². The molecule has 1 aliphatic carbocycles. The van der Waals surface area contributed by atoms with Gasteiger partial charge in [-0.25, -0.2) is 9.97 Å².